The van der Waals surface area contributed by atoms with E-state index in [9.17, 15) is 8.78 Å². The Kier molecular flexibility index (Phi) is 7.19. The Labute approximate surface area is 237 Å². The van der Waals surface area contributed by atoms with Crippen molar-refractivity contribution in [3.8, 4) is 34.3 Å². The lowest BCUT2D eigenvalue weighted by Gasteiger charge is -2.07. The van der Waals surface area contributed by atoms with Crippen LogP contribution in [0.5, 0.6) is 11.5 Å². The van der Waals surface area contributed by atoms with Crippen LogP contribution in [0, 0.1) is 19.0 Å². The lowest BCUT2D eigenvalue weighted by molar-refractivity contribution is 0.304. The molecule has 0 aliphatic carbocycles. The van der Waals surface area contributed by atoms with E-state index in [-0.39, 0.29) is 11.6 Å². The van der Waals surface area contributed by atoms with Gasteiger partial charge >= 0.3 is 0 Å². The molecule has 0 amide bonds. The molecule has 0 radical (unpaired) electrons. The molecule has 0 atom stereocenters. The first kappa shape index (κ1) is 24.4. The van der Waals surface area contributed by atoms with E-state index in [0.29, 0.717) is 33.7 Å². The van der Waals surface area contributed by atoms with Crippen LogP contribution in [0.2, 0.25) is 0 Å². The highest BCUT2D eigenvalue weighted by atomic mass is 127. The van der Waals surface area contributed by atoms with Gasteiger partial charge in [0.1, 0.15) is 55.4 Å². The first-order valence-corrected chi connectivity index (χ1v) is 13.7. The molecule has 0 spiro atoms. The van der Waals surface area contributed by atoms with Crippen LogP contribution < -0.4 is 9.47 Å². The molecule has 2 aromatic carbocycles. The Morgan fingerprint density at radius 2 is 1.44 bits per heavy atom. The van der Waals surface area contributed by atoms with Gasteiger partial charge in [-0.15, -0.1) is 0 Å². The van der Waals surface area contributed by atoms with Crippen molar-refractivity contribution in [3.63, 3.8) is 0 Å². The Morgan fingerprint density at radius 1 is 0.853 bits per heavy atom. The van der Waals surface area contributed by atoms with E-state index >= 15 is 0 Å². The summed E-state index contributed by atoms with van der Waals surface area (Å²) < 4.78 is 45.0. The number of benzene rings is 2. The molecule has 2 aliphatic heterocycles. The summed E-state index contributed by atoms with van der Waals surface area (Å²) in [5.74, 6) is 2.10. The van der Waals surface area contributed by atoms with E-state index in [2.05, 4.69) is 91.6 Å². The van der Waals surface area contributed by atoms with E-state index in [0.717, 1.165) is 43.3 Å². The van der Waals surface area contributed by atoms with Gasteiger partial charge in [0.15, 0.2) is 0 Å². The average Bonchev–Trinajstić information content (AvgIpc) is 3.27. The molecule has 2 aromatic heterocycles. The molecule has 0 saturated heterocycles. The second-order valence-corrected chi connectivity index (χ2v) is 11.1. The van der Waals surface area contributed by atoms with Gasteiger partial charge in [0.2, 0.25) is 0 Å². The van der Waals surface area contributed by atoms with Gasteiger partial charge < -0.3 is 18.6 Å². The molecule has 4 heterocycles. The minimum Gasteiger partial charge on any atom is -0.491 e. The Balaban J connectivity index is 0.000000142. The number of hydrogen-bond acceptors (Lipinski definition) is 4. The second kappa shape index (κ2) is 10.0. The smallest absolute Gasteiger partial charge is 0.145 e. The summed E-state index contributed by atoms with van der Waals surface area (Å²) in [6.07, 6.45) is 3.63. The van der Waals surface area contributed by atoms with E-state index in [1.807, 2.05) is 10.8 Å². The van der Waals surface area contributed by atoms with Crippen molar-refractivity contribution in [2.75, 3.05) is 13.2 Å². The Bertz CT molecular complexity index is 1410. The molecule has 0 N–H and O–H groups in total. The maximum atomic E-state index is 13.5. The molecule has 6 nitrogen and oxygen atoms in total. The molecular weight excluding hydrogens is 804 g/mol. The van der Waals surface area contributed by atoms with Crippen LogP contribution in [-0.4, -0.2) is 32.3 Å². The van der Waals surface area contributed by atoms with E-state index in [4.69, 9.17) is 9.47 Å². The number of ether oxygens (including phenoxy) is 2. The normalized spacial score (nSPS) is 13.6. The van der Waals surface area contributed by atoms with E-state index in [1.165, 1.54) is 12.1 Å². The topological polar surface area (TPSA) is 54.1 Å². The average molecular weight is 818 g/mol. The van der Waals surface area contributed by atoms with Gasteiger partial charge in [-0.05, 0) is 89.2 Å². The van der Waals surface area contributed by atoms with Crippen LogP contribution >= 0.6 is 77.0 Å². The number of halogens is 6. The van der Waals surface area contributed by atoms with Crippen LogP contribution in [0.4, 0.5) is 8.78 Å². The molecular formula is C22H14Br2F2I2N4O2. The molecule has 34 heavy (non-hydrogen) atoms. The highest BCUT2D eigenvalue weighted by Crippen LogP contribution is 2.37. The van der Waals surface area contributed by atoms with Crippen molar-refractivity contribution in [2.24, 2.45) is 0 Å². The van der Waals surface area contributed by atoms with Crippen molar-refractivity contribution in [3.05, 3.63) is 64.6 Å². The standard InChI is InChI=1S/C11H6BrFI2N2O.C11H8BrFN2O/c12-6-3-5-8(4-7(6)13)18-2-1-17-10(15)9(14)16-11(5)17;12-8-5-7-10(6-9(8)13)16-4-3-15-2-1-14-11(7)15/h3-4H,1-2H2;1-2,5-6H,3-4H2. The molecule has 4 aromatic rings. The summed E-state index contributed by atoms with van der Waals surface area (Å²) in [6.45, 7) is 2.49. The largest absolute Gasteiger partial charge is 0.491 e. The second-order valence-electron chi connectivity index (χ2n) is 7.33. The van der Waals surface area contributed by atoms with Gasteiger partial charge in [0.05, 0.1) is 33.2 Å². The first-order valence-electron chi connectivity index (χ1n) is 10.0. The van der Waals surface area contributed by atoms with Crippen molar-refractivity contribution < 1.29 is 18.3 Å². The lowest BCUT2D eigenvalue weighted by atomic mass is 10.2. The zero-order chi connectivity index (χ0) is 24.0. The van der Waals surface area contributed by atoms with Gasteiger partial charge in [-0.3, -0.25) is 0 Å². The Hall–Kier alpha value is -1.26. The molecule has 176 valence electrons. The fraction of sp³-hybridized carbons (Fsp3) is 0.182. The summed E-state index contributed by atoms with van der Waals surface area (Å²) in [4.78, 5) is 8.81. The molecule has 0 bridgehead atoms. The van der Waals surface area contributed by atoms with E-state index in [1.54, 1.807) is 18.3 Å². The highest BCUT2D eigenvalue weighted by molar-refractivity contribution is 14.1. The molecule has 0 fully saturated rings. The van der Waals surface area contributed by atoms with Gasteiger partial charge in [-0.25, -0.2) is 18.7 Å². The van der Waals surface area contributed by atoms with Crippen molar-refractivity contribution in [2.45, 2.75) is 13.1 Å². The number of rotatable bonds is 0. The fourth-order valence-electron chi connectivity index (χ4n) is 3.69. The molecule has 0 unspecified atom stereocenters. The van der Waals surface area contributed by atoms with E-state index < -0.39 is 0 Å². The predicted octanol–water partition coefficient (Wildman–Crippen LogP) is 6.90. The van der Waals surface area contributed by atoms with Crippen molar-refractivity contribution in [1.82, 2.24) is 19.1 Å². The third kappa shape index (κ3) is 4.62. The predicted molar refractivity (Wildman–Crippen MR) is 147 cm³/mol. The zero-order valence-corrected chi connectivity index (χ0v) is 24.7. The number of nitrogens with zero attached hydrogens (tertiary/aromatic N) is 4. The molecule has 12 heteroatoms. The van der Waals surface area contributed by atoms with Crippen molar-refractivity contribution in [1.29, 1.82) is 0 Å². The Morgan fingerprint density at radius 3 is 2.09 bits per heavy atom. The van der Waals surface area contributed by atoms with Gasteiger partial charge in [-0.2, -0.15) is 0 Å². The lowest BCUT2D eigenvalue weighted by Crippen LogP contribution is -2.07. The zero-order valence-electron chi connectivity index (χ0n) is 17.2. The van der Waals surface area contributed by atoms with Gasteiger partial charge in [-0.1, -0.05) is 0 Å². The third-order valence-corrected chi connectivity index (χ3v) is 9.36. The van der Waals surface area contributed by atoms with Gasteiger partial charge in [0, 0.05) is 24.5 Å². The van der Waals surface area contributed by atoms with Gasteiger partial charge in [0.25, 0.3) is 0 Å². The SMILES string of the molecule is Fc1cc2c(cc1Br)-c1nc(I)c(I)n1CCO2.Fc1cc2c(cc1Br)-c1nccn1CCO2. The van der Waals surface area contributed by atoms with Crippen molar-refractivity contribution >= 4 is 77.0 Å². The number of fused-ring (bicyclic) bond motifs is 6. The summed E-state index contributed by atoms with van der Waals surface area (Å²) in [7, 11) is 0. The van der Waals surface area contributed by atoms with Crippen LogP contribution in [0.1, 0.15) is 0 Å². The molecule has 2 aliphatic rings. The monoisotopic (exact) mass is 816 g/mol. The summed E-state index contributed by atoms with van der Waals surface area (Å²) in [5, 5.41) is 0. The third-order valence-electron chi connectivity index (χ3n) is 5.27. The summed E-state index contributed by atoms with van der Waals surface area (Å²) in [6, 6.07) is 6.23. The maximum absolute atomic E-state index is 13.5. The first-order chi connectivity index (χ1) is 16.3. The number of imidazole rings is 2. The summed E-state index contributed by atoms with van der Waals surface area (Å²) in [5.41, 5.74) is 1.64. The van der Waals surface area contributed by atoms with Crippen LogP contribution in [-0.2, 0) is 13.1 Å². The number of hydrogen-bond donors (Lipinski definition) is 0. The number of aromatic nitrogens is 4. The van der Waals surface area contributed by atoms with Crippen LogP contribution in [0.25, 0.3) is 22.8 Å². The molecule has 0 saturated carbocycles. The van der Waals surface area contributed by atoms with Crippen LogP contribution in [0.3, 0.4) is 0 Å². The fourth-order valence-corrected chi connectivity index (χ4v) is 5.49. The molecule has 6 rings (SSSR count). The maximum Gasteiger partial charge on any atom is 0.145 e. The summed E-state index contributed by atoms with van der Waals surface area (Å²) >= 11 is 10.9. The minimum absolute atomic E-state index is 0.321. The minimum atomic E-state index is -0.321. The van der Waals surface area contributed by atoms with Crippen LogP contribution in [0.15, 0.2) is 45.6 Å². The highest BCUT2D eigenvalue weighted by Gasteiger charge is 2.23. The quantitative estimate of drug-likeness (QED) is 0.182.